The van der Waals surface area contributed by atoms with E-state index in [0.29, 0.717) is 28.8 Å². The molecule has 8 heteroatoms. The third-order valence-electron chi connectivity index (χ3n) is 8.12. The predicted molar refractivity (Wildman–Crippen MR) is 150 cm³/mol. The van der Waals surface area contributed by atoms with Crippen LogP contribution in [0.25, 0.3) is 11.3 Å². The maximum absolute atomic E-state index is 12.6. The van der Waals surface area contributed by atoms with E-state index >= 15 is 0 Å². The summed E-state index contributed by atoms with van der Waals surface area (Å²) in [5.74, 6) is 2.87. The molecule has 3 aromatic rings. The van der Waals surface area contributed by atoms with Gasteiger partial charge in [-0.15, -0.1) is 0 Å². The number of likely N-dealkylation sites (tertiary alicyclic amines) is 1. The molecule has 2 fully saturated rings. The number of nitrogens with zero attached hydrogens (tertiary/aromatic N) is 4. The van der Waals surface area contributed by atoms with Gasteiger partial charge in [-0.2, -0.15) is 10.4 Å². The number of para-hydroxylation sites is 1. The van der Waals surface area contributed by atoms with E-state index in [2.05, 4.69) is 22.5 Å². The molecule has 1 aliphatic carbocycles. The first-order chi connectivity index (χ1) is 19.1. The second-order valence-corrected chi connectivity index (χ2v) is 10.9. The van der Waals surface area contributed by atoms with Crippen molar-refractivity contribution in [3.05, 3.63) is 71.9 Å². The summed E-state index contributed by atoms with van der Waals surface area (Å²) in [6, 6.07) is 19.9. The number of benzene rings is 2. The number of carbonyl (C=O) groups is 1. The lowest BCUT2D eigenvalue weighted by Gasteiger charge is -2.38. The first kappa shape index (κ1) is 25.1. The lowest BCUT2D eigenvalue weighted by molar-refractivity contribution is 0.100. The summed E-state index contributed by atoms with van der Waals surface area (Å²) in [6.07, 6.45) is 8.50. The molecule has 0 unspecified atom stereocenters. The number of nitrogens with two attached hydrogens (primary N) is 1. The number of primary amides is 1. The molecule has 0 bridgehead atoms. The number of rotatable bonds is 8. The fourth-order valence-corrected chi connectivity index (χ4v) is 5.89. The van der Waals surface area contributed by atoms with Gasteiger partial charge in [0.05, 0.1) is 12.1 Å². The molecule has 1 atom stereocenters. The van der Waals surface area contributed by atoms with Crippen molar-refractivity contribution in [1.82, 2.24) is 14.7 Å². The number of hydrogen-bond acceptors (Lipinski definition) is 6. The van der Waals surface area contributed by atoms with Crippen LogP contribution in [0.2, 0.25) is 0 Å². The second kappa shape index (κ2) is 10.9. The fraction of sp³-hybridized carbons (Fsp3) is 0.387. The smallest absolute Gasteiger partial charge is 0.254 e. The summed E-state index contributed by atoms with van der Waals surface area (Å²) in [4.78, 5) is 14.9. The number of ether oxygens (including phenoxy) is 1. The van der Waals surface area contributed by atoms with Gasteiger partial charge in [0.15, 0.2) is 0 Å². The zero-order chi connectivity index (χ0) is 26.8. The van der Waals surface area contributed by atoms with E-state index in [-0.39, 0.29) is 6.04 Å². The van der Waals surface area contributed by atoms with E-state index < -0.39 is 5.91 Å². The van der Waals surface area contributed by atoms with Crippen molar-refractivity contribution in [2.24, 2.45) is 17.6 Å². The largest absolute Gasteiger partial charge is 0.457 e. The van der Waals surface area contributed by atoms with Crippen LogP contribution in [-0.2, 0) is 0 Å². The number of anilines is 1. The van der Waals surface area contributed by atoms with Crippen LogP contribution in [0, 0.1) is 23.2 Å². The number of aromatic nitrogens is 2. The maximum atomic E-state index is 12.6. The molecule has 2 aromatic carbocycles. The normalized spacial score (nSPS) is 19.6. The number of hydrogen-bond donors (Lipinski definition) is 2. The zero-order valence-electron chi connectivity index (χ0n) is 22.1. The molecule has 0 radical (unpaired) electrons. The molecule has 2 aliphatic heterocycles. The van der Waals surface area contributed by atoms with Gasteiger partial charge in [0, 0.05) is 37.0 Å². The van der Waals surface area contributed by atoms with Gasteiger partial charge in [0.2, 0.25) is 0 Å². The minimum atomic E-state index is -0.483. The Labute approximate surface area is 229 Å². The van der Waals surface area contributed by atoms with Crippen LogP contribution < -0.4 is 15.8 Å². The highest BCUT2D eigenvalue weighted by Crippen LogP contribution is 2.40. The molecular formula is C31H34N6O2. The van der Waals surface area contributed by atoms with E-state index in [1.807, 2.05) is 59.3 Å². The van der Waals surface area contributed by atoms with Gasteiger partial charge >= 0.3 is 0 Å². The van der Waals surface area contributed by atoms with Crippen LogP contribution in [-0.4, -0.2) is 40.2 Å². The topological polar surface area (TPSA) is 109 Å². The van der Waals surface area contributed by atoms with E-state index in [1.54, 1.807) is 0 Å². The van der Waals surface area contributed by atoms with E-state index in [0.717, 1.165) is 68.0 Å². The highest BCUT2D eigenvalue weighted by molar-refractivity contribution is 6.03. The van der Waals surface area contributed by atoms with Gasteiger partial charge in [-0.1, -0.05) is 18.2 Å². The number of nitrogens with one attached hydrogen (secondary N) is 1. The minimum absolute atomic E-state index is 0.196. The average molecular weight is 523 g/mol. The van der Waals surface area contributed by atoms with Gasteiger partial charge in [0.1, 0.15) is 28.6 Å². The summed E-state index contributed by atoms with van der Waals surface area (Å²) in [5, 5.41) is 17.9. The Balaban J connectivity index is 1.20. The average Bonchev–Trinajstić information content (AvgIpc) is 3.69. The standard InChI is InChI=1S/C31H34N6O2/c32-19-22(18-21-6-7-21)20-36-16-13-23(14-17-36)27-12-15-34-31-28(30(33)38)29(35-37(27)31)24-8-10-26(11-9-24)39-25-4-2-1-3-5-25/h1-5,8-11,20-21,23,27,34H,6-7,12-18H2,(H2,33,38)/t27-/m0/s1. The number of fused-ring (bicyclic) bond motifs is 1. The van der Waals surface area contributed by atoms with Crippen LogP contribution in [0.5, 0.6) is 11.5 Å². The predicted octanol–water partition coefficient (Wildman–Crippen LogP) is 5.72. The highest BCUT2D eigenvalue weighted by Gasteiger charge is 2.35. The lowest BCUT2D eigenvalue weighted by atomic mass is 9.87. The summed E-state index contributed by atoms with van der Waals surface area (Å²) >= 11 is 0. The molecule has 1 aromatic heterocycles. The van der Waals surface area contributed by atoms with Crippen LogP contribution in [0.4, 0.5) is 5.82 Å². The van der Waals surface area contributed by atoms with Crippen molar-refractivity contribution < 1.29 is 9.53 Å². The van der Waals surface area contributed by atoms with Crippen LogP contribution in [0.1, 0.15) is 54.9 Å². The Kier molecular flexibility index (Phi) is 6.97. The molecule has 200 valence electrons. The van der Waals surface area contributed by atoms with Crippen molar-refractivity contribution in [3.63, 3.8) is 0 Å². The van der Waals surface area contributed by atoms with Gasteiger partial charge in [-0.05, 0) is 86.8 Å². The van der Waals surface area contributed by atoms with Gasteiger partial charge in [0.25, 0.3) is 5.91 Å². The summed E-state index contributed by atoms with van der Waals surface area (Å²) < 4.78 is 7.94. The zero-order valence-corrected chi connectivity index (χ0v) is 22.1. The molecule has 1 saturated heterocycles. The number of nitriles is 1. The SMILES string of the molecule is N#CC(=CN1CCC([C@@H]2CCNc3c(C(N)=O)c(-c4ccc(Oc5ccccc5)cc4)nn32)CC1)CC1CC1. The molecule has 3 aliphatic rings. The van der Waals surface area contributed by atoms with Crippen molar-refractivity contribution in [2.45, 2.75) is 44.6 Å². The van der Waals surface area contributed by atoms with Crippen molar-refractivity contribution in [3.8, 4) is 28.8 Å². The Morgan fingerprint density at radius 1 is 1.05 bits per heavy atom. The molecule has 1 saturated carbocycles. The molecular weight excluding hydrogens is 488 g/mol. The summed E-state index contributed by atoms with van der Waals surface area (Å²) in [6.45, 7) is 2.64. The van der Waals surface area contributed by atoms with Crippen LogP contribution >= 0.6 is 0 Å². The minimum Gasteiger partial charge on any atom is -0.457 e. The van der Waals surface area contributed by atoms with E-state index in [1.165, 1.54) is 12.8 Å². The molecule has 3 N–H and O–H groups in total. The fourth-order valence-electron chi connectivity index (χ4n) is 5.89. The molecule has 3 heterocycles. The monoisotopic (exact) mass is 522 g/mol. The molecule has 39 heavy (non-hydrogen) atoms. The number of allylic oxidation sites excluding steroid dienone is 1. The van der Waals surface area contributed by atoms with E-state index in [9.17, 15) is 10.1 Å². The molecule has 1 amide bonds. The maximum Gasteiger partial charge on any atom is 0.254 e. The quantitative estimate of drug-likeness (QED) is 0.366. The van der Waals surface area contributed by atoms with Crippen LogP contribution in [0.15, 0.2) is 66.4 Å². The van der Waals surface area contributed by atoms with Gasteiger partial charge in [-0.3, -0.25) is 4.79 Å². The van der Waals surface area contributed by atoms with Crippen molar-refractivity contribution >= 4 is 11.7 Å². The Morgan fingerprint density at radius 2 is 1.77 bits per heavy atom. The second-order valence-electron chi connectivity index (χ2n) is 10.9. The first-order valence-electron chi connectivity index (χ1n) is 13.9. The lowest BCUT2D eigenvalue weighted by Crippen LogP contribution is -2.37. The molecule has 0 spiro atoms. The number of carbonyl (C=O) groups excluding carboxylic acids is 1. The summed E-state index contributed by atoms with van der Waals surface area (Å²) in [7, 11) is 0. The van der Waals surface area contributed by atoms with E-state index in [4.69, 9.17) is 15.6 Å². The molecule has 8 nitrogen and oxygen atoms in total. The van der Waals surface area contributed by atoms with Crippen molar-refractivity contribution in [1.29, 1.82) is 5.26 Å². The number of amides is 1. The first-order valence-corrected chi connectivity index (χ1v) is 13.9. The molecule has 6 rings (SSSR count). The third-order valence-corrected chi connectivity index (χ3v) is 8.12. The summed E-state index contributed by atoms with van der Waals surface area (Å²) in [5.41, 5.74) is 8.67. The van der Waals surface area contributed by atoms with Gasteiger partial charge < -0.3 is 20.7 Å². The van der Waals surface area contributed by atoms with Crippen LogP contribution in [0.3, 0.4) is 0 Å². The van der Waals surface area contributed by atoms with Gasteiger partial charge in [-0.25, -0.2) is 4.68 Å². The third kappa shape index (κ3) is 5.49. The Morgan fingerprint density at radius 3 is 2.44 bits per heavy atom. The highest BCUT2D eigenvalue weighted by atomic mass is 16.5. The van der Waals surface area contributed by atoms with Crippen molar-refractivity contribution in [2.75, 3.05) is 25.0 Å². The number of piperidine rings is 1. The Hall–Kier alpha value is -4.25. The Bertz CT molecular complexity index is 1390.